The van der Waals surface area contributed by atoms with Crippen molar-refractivity contribution >= 4 is 11.8 Å². The van der Waals surface area contributed by atoms with Crippen molar-refractivity contribution < 1.29 is 14.3 Å². The Hall–Kier alpha value is -2.86. The number of carbonyl (C=O) groups excluding carboxylic acids is 2. The summed E-state index contributed by atoms with van der Waals surface area (Å²) in [6.45, 7) is 5.10. The number of nitrogens with zero attached hydrogens (tertiary/aromatic N) is 2. The Bertz CT molecular complexity index is 921. The van der Waals surface area contributed by atoms with Crippen molar-refractivity contribution in [2.45, 2.75) is 50.7 Å². The summed E-state index contributed by atoms with van der Waals surface area (Å²) < 4.78 is 5.24. The van der Waals surface area contributed by atoms with Gasteiger partial charge in [-0.15, -0.1) is 0 Å². The molecule has 2 aromatic carbocycles. The normalized spacial score (nSPS) is 20.9. The molecule has 2 amide bonds. The Morgan fingerprint density at radius 3 is 2.31 bits per heavy atom. The fourth-order valence-corrected chi connectivity index (χ4v) is 4.98. The van der Waals surface area contributed by atoms with E-state index >= 15 is 0 Å². The second-order valence-corrected chi connectivity index (χ2v) is 8.86. The van der Waals surface area contributed by atoms with E-state index in [4.69, 9.17) is 4.74 Å². The minimum atomic E-state index is -0.726. The molecule has 32 heavy (non-hydrogen) atoms. The molecule has 170 valence electrons. The third-order valence-corrected chi connectivity index (χ3v) is 6.79. The van der Waals surface area contributed by atoms with Gasteiger partial charge in [0.2, 0.25) is 11.8 Å². The molecule has 2 heterocycles. The van der Waals surface area contributed by atoms with E-state index in [1.54, 1.807) is 7.11 Å². The lowest BCUT2D eigenvalue weighted by Gasteiger charge is -2.51. The van der Waals surface area contributed by atoms with E-state index < -0.39 is 11.6 Å². The van der Waals surface area contributed by atoms with Crippen molar-refractivity contribution in [1.29, 1.82) is 0 Å². The van der Waals surface area contributed by atoms with Crippen molar-refractivity contribution in [3.05, 3.63) is 65.7 Å². The molecule has 0 radical (unpaired) electrons. The number of nitrogens with one attached hydrogen (secondary N) is 1. The Kier molecular flexibility index (Phi) is 6.80. The van der Waals surface area contributed by atoms with Gasteiger partial charge in [0.1, 0.15) is 17.3 Å². The van der Waals surface area contributed by atoms with E-state index in [-0.39, 0.29) is 11.8 Å². The predicted molar refractivity (Wildman–Crippen MR) is 124 cm³/mol. The van der Waals surface area contributed by atoms with Gasteiger partial charge in [0, 0.05) is 32.6 Å². The van der Waals surface area contributed by atoms with E-state index in [2.05, 4.69) is 29.3 Å². The highest BCUT2D eigenvalue weighted by Crippen LogP contribution is 2.34. The molecule has 4 rings (SSSR count). The van der Waals surface area contributed by atoms with Crippen LogP contribution in [0.2, 0.25) is 0 Å². The molecule has 0 aromatic heterocycles. The number of benzene rings is 2. The average molecular weight is 436 g/mol. The minimum Gasteiger partial charge on any atom is -0.497 e. The standard InChI is InChI=1S/C26H33N3O3/c1-3-15-29-24(30)23(18-20-7-5-4-6-8-20)27-25(31)26(29)13-16-28(17-14-26)19-21-9-11-22(32-2)12-10-21/h4-12,23H,3,13-19H2,1-2H3,(H,27,31). The van der Waals surface area contributed by atoms with Crippen molar-refractivity contribution in [3.8, 4) is 5.75 Å². The fourth-order valence-electron chi connectivity index (χ4n) is 4.98. The lowest BCUT2D eigenvalue weighted by atomic mass is 9.81. The van der Waals surface area contributed by atoms with Crippen molar-refractivity contribution in [1.82, 2.24) is 15.1 Å². The first-order valence-corrected chi connectivity index (χ1v) is 11.6. The second kappa shape index (κ2) is 9.74. The number of carbonyl (C=O) groups is 2. The topological polar surface area (TPSA) is 61.9 Å². The summed E-state index contributed by atoms with van der Waals surface area (Å²) in [6.07, 6.45) is 2.71. The average Bonchev–Trinajstić information content (AvgIpc) is 2.83. The molecule has 1 atom stereocenters. The molecule has 2 aliphatic heterocycles. The molecule has 2 saturated heterocycles. The lowest BCUT2D eigenvalue weighted by Crippen LogP contribution is -2.73. The predicted octanol–water partition coefficient (Wildman–Crippen LogP) is 3.01. The van der Waals surface area contributed by atoms with Gasteiger partial charge in [-0.2, -0.15) is 0 Å². The van der Waals surface area contributed by atoms with Crippen molar-refractivity contribution in [2.24, 2.45) is 0 Å². The zero-order valence-electron chi connectivity index (χ0n) is 19.0. The molecule has 1 spiro atoms. The highest BCUT2D eigenvalue weighted by Gasteiger charge is 2.53. The van der Waals surface area contributed by atoms with Crippen LogP contribution in [0.3, 0.4) is 0 Å². The number of ether oxygens (including phenoxy) is 1. The zero-order chi connectivity index (χ0) is 22.6. The first-order valence-electron chi connectivity index (χ1n) is 11.6. The largest absolute Gasteiger partial charge is 0.497 e. The quantitative estimate of drug-likeness (QED) is 0.726. The monoisotopic (exact) mass is 435 g/mol. The first kappa shape index (κ1) is 22.3. The summed E-state index contributed by atoms with van der Waals surface area (Å²) in [7, 11) is 1.67. The van der Waals surface area contributed by atoms with Crippen LogP contribution >= 0.6 is 0 Å². The van der Waals surface area contributed by atoms with Gasteiger partial charge in [0.05, 0.1) is 7.11 Å². The Morgan fingerprint density at radius 2 is 1.69 bits per heavy atom. The fraction of sp³-hybridized carbons (Fsp3) is 0.462. The molecule has 2 aromatic rings. The van der Waals surface area contributed by atoms with Gasteiger partial charge in [0.25, 0.3) is 0 Å². The van der Waals surface area contributed by atoms with Gasteiger partial charge in [-0.25, -0.2) is 0 Å². The van der Waals surface area contributed by atoms with Crippen LogP contribution in [0.1, 0.15) is 37.3 Å². The molecule has 6 heteroatoms. The number of hydrogen-bond donors (Lipinski definition) is 1. The number of rotatable bonds is 7. The van der Waals surface area contributed by atoms with Crippen molar-refractivity contribution in [3.63, 3.8) is 0 Å². The summed E-state index contributed by atoms with van der Waals surface area (Å²) in [5, 5.41) is 3.08. The maximum atomic E-state index is 13.5. The number of piperazine rings is 1. The molecule has 1 unspecified atom stereocenters. The SMILES string of the molecule is CCCN1C(=O)C(Cc2ccccc2)NC(=O)C12CCN(Cc1ccc(OC)cc1)CC2. The highest BCUT2D eigenvalue weighted by molar-refractivity contribution is 6.00. The van der Waals surface area contributed by atoms with E-state index in [0.29, 0.717) is 25.8 Å². The molecule has 2 fully saturated rings. The maximum absolute atomic E-state index is 13.5. The van der Waals surface area contributed by atoms with Crippen LogP contribution < -0.4 is 10.1 Å². The third-order valence-electron chi connectivity index (χ3n) is 6.79. The van der Waals surface area contributed by atoms with Gasteiger partial charge in [-0.3, -0.25) is 14.5 Å². The van der Waals surface area contributed by atoms with Gasteiger partial charge in [-0.05, 0) is 42.5 Å². The van der Waals surface area contributed by atoms with Crippen LogP contribution in [0.5, 0.6) is 5.75 Å². The number of methoxy groups -OCH3 is 1. The molecular formula is C26H33N3O3. The van der Waals surface area contributed by atoms with Crippen LogP contribution in [-0.2, 0) is 22.6 Å². The maximum Gasteiger partial charge on any atom is 0.246 e. The van der Waals surface area contributed by atoms with Crippen LogP contribution in [0.4, 0.5) is 0 Å². The van der Waals surface area contributed by atoms with Crippen LogP contribution in [0.15, 0.2) is 54.6 Å². The van der Waals surface area contributed by atoms with Crippen LogP contribution in [0, 0.1) is 0 Å². The number of hydrogen-bond acceptors (Lipinski definition) is 4. The van der Waals surface area contributed by atoms with E-state index in [1.165, 1.54) is 5.56 Å². The summed E-state index contributed by atoms with van der Waals surface area (Å²) in [5.41, 5.74) is 1.56. The van der Waals surface area contributed by atoms with Gasteiger partial charge in [0.15, 0.2) is 0 Å². The molecule has 1 N–H and O–H groups in total. The molecule has 0 saturated carbocycles. The first-order chi connectivity index (χ1) is 15.6. The number of amides is 2. The van der Waals surface area contributed by atoms with Crippen LogP contribution in [-0.4, -0.2) is 59.9 Å². The highest BCUT2D eigenvalue weighted by atomic mass is 16.5. The zero-order valence-corrected chi connectivity index (χ0v) is 19.0. The summed E-state index contributed by atoms with van der Waals surface area (Å²) in [5.74, 6) is 0.915. The molecule has 6 nitrogen and oxygen atoms in total. The van der Waals surface area contributed by atoms with Gasteiger partial charge >= 0.3 is 0 Å². The van der Waals surface area contributed by atoms with E-state index in [1.807, 2.05) is 47.4 Å². The molecule has 2 aliphatic rings. The number of likely N-dealkylation sites (tertiary alicyclic amines) is 1. The second-order valence-electron chi connectivity index (χ2n) is 8.86. The minimum absolute atomic E-state index is 0.00979. The summed E-state index contributed by atoms with van der Waals surface area (Å²) in [6, 6.07) is 17.5. The number of piperidine rings is 1. The Morgan fingerprint density at radius 1 is 1.00 bits per heavy atom. The molecular weight excluding hydrogens is 402 g/mol. The Balaban J connectivity index is 1.45. The smallest absolute Gasteiger partial charge is 0.246 e. The lowest BCUT2D eigenvalue weighted by molar-refractivity contribution is -0.161. The van der Waals surface area contributed by atoms with Gasteiger partial charge < -0.3 is 15.0 Å². The third kappa shape index (κ3) is 4.51. The molecule has 0 bridgehead atoms. The van der Waals surface area contributed by atoms with E-state index in [9.17, 15) is 9.59 Å². The van der Waals surface area contributed by atoms with E-state index in [0.717, 1.165) is 37.4 Å². The van der Waals surface area contributed by atoms with Crippen molar-refractivity contribution in [2.75, 3.05) is 26.7 Å². The van der Waals surface area contributed by atoms with Crippen LogP contribution in [0.25, 0.3) is 0 Å². The summed E-state index contributed by atoms with van der Waals surface area (Å²) in [4.78, 5) is 31.1. The Labute approximate surface area is 190 Å². The molecule has 0 aliphatic carbocycles. The van der Waals surface area contributed by atoms with Gasteiger partial charge in [-0.1, -0.05) is 49.4 Å². The summed E-state index contributed by atoms with van der Waals surface area (Å²) >= 11 is 0.